The number of nitrogens with one attached hydrogen (secondary N) is 1. The summed E-state index contributed by atoms with van der Waals surface area (Å²) >= 11 is 0. The zero-order valence-electron chi connectivity index (χ0n) is 11.6. The van der Waals surface area contributed by atoms with Crippen LogP contribution in [0, 0.1) is 11.8 Å². The van der Waals surface area contributed by atoms with E-state index in [2.05, 4.69) is 12.2 Å². The lowest BCUT2D eigenvalue weighted by Gasteiger charge is -2.30. The Morgan fingerprint density at radius 3 is 2.42 bits per heavy atom. The number of rotatable bonds is 4. The third-order valence-corrected chi connectivity index (χ3v) is 4.57. The highest BCUT2D eigenvalue weighted by Gasteiger charge is 2.28. The Bertz CT molecular complexity index is 338. The van der Waals surface area contributed by atoms with Crippen molar-refractivity contribution in [1.29, 1.82) is 0 Å². The predicted molar refractivity (Wildman–Crippen MR) is 71.7 cm³/mol. The van der Waals surface area contributed by atoms with E-state index >= 15 is 0 Å². The number of likely N-dealkylation sites (tertiary alicyclic amines) is 1. The molecule has 2 N–H and O–H groups in total. The molecule has 108 valence electrons. The molecule has 1 saturated heterocycles. The summed E-state index contributed by atoms with van der Waals surface area (Å²) < 4.78 is 0. The Balaban J connectivity index is 1.71. The second-order valence-corrected chi connectivity index (χ2v) is 5.89. The zero-order valence-corrected chi connectivity index (χ0v) is 11.6. The molecule has 0 spiro atoms. The lowest BCUT2D eigenvalue weighted by molar-refractivity contribution is -0.145. The van der Waals surface area contributed by atoms with Gasteiger partial charge in [0, 0.05) is 19.1 Å². The molecule has 5 heteroatoms. The van der Waals surface area contributed by atoms with Gasteiger partial charge in [-0.3, -0.25) is 9.59 Å². The first-order chi connectivity index (χ1) is 9.08. The average molecular weight is 268 g/mol. The van der Waals surface area contributed by atoms with E-state index in [9.17, 15) is 9.59 Å². The first-order valence-electron chi connectivity index (χ1n) is 7.32. The standard InChI is InChI=1S/C14H24N2O3/c1-10-3-2-4-12(10)15-9-13(17)16-7-5-11(6-8-16)14(18)19/h10-12,15H,2-9H2,1H3,(H,18,19). The van der Waals surface area contributed by atoms with Crippen LogP contribution in [0.1, 0.15) is 39.0 Å². The van der Waals surface area contributed by atoms with Crippen molar-refractivity contribution < 1.29 is 14.7 Å². The van der Waals surface area contributed by atoms with Crippen molar-refractivity contribution in [2.24, 2.45) is 11.8 Å². The number of piperidine rings is 1. The topological polar surface area (TPSA) is 69.6 Å². The van der Waals surface area contributed by atoms with Crippen LogP contribution in [0.4, 0.5) is 0 Å². The fraction of sp³-hybridized carbons (Fsp3) is 0.857. The van der Waals surface area contributed by atoms with Crippen molar-refractivity contribution in [1.82, 2.24) is 10.2 Å². The smallest absolute Gasteiger partial charge is 0.306 e. The third kappa shape index (κ3) is 3.69. The average Bonchev–Trinajstić information content (AvgIpc) is 2.81. The Morgan fingerprint density at radius 1 is 1.21 bits per heavy atom. The van der Waals surface area contributed by atoms with E-state index in [4.69, 9.17) is 5.11 Å². The number of amides is 1. The molecule has 19 heavy (non-hydrogen) atoms. The number of aliphatic carboxylic acids is 1. The van der Waals surface area contributed by atoms with Crippen LogP contribution in [-0.4, -0.2) is 47.6 Å². The van der Waals surface area contributed by atoms with Gasteiger partial charge >= 0.3 is 5.97 Å². The van der Waals surface area contributed by atoms with Crippen molar-refractivity contribution in [3.05, 3.63) is 0 Å². The Labute approximate surface area is 114 Å². The van der Waals surface area contributed by atoms with Gasteiger partial charge < -0.3 is 15.3 Å². The highest BCUT2D eigenvalue weighted by molar-refractivity contribution is 5.79. The molecule has 1 saturated carbocycles. The van der Waals surface area contributed by atoms with Gasteiger partial charge in [0.05, 0.1) is 12.5 Å². The number of hydrogen-bond acceptors (Lipinski definition) is 3. The molecule has 0 aromatic rings. The highest BCUT2D eigenvalue weighted by atomic mass is 16.4. The van der Waals surface area contributed by atoms with E-state index in [0.717, 1.165) is 6.42 Å². The Hall–Kier alpha value is -1.10. The molecule has 2 aliphatic rings. The van der Waals surface area contributed by atoms with E-state index < -0.39 is 5.97 Å². The third-order valence-electron chi connectivity index (χ3n) is 4.57. The molecular weight excluding hydrogens is 244 g/mol. The normalized spacial score (nSPS) is 28.6. The second kappa shape index (κ2) is 6.37. The van der Waals surface area contributed by atoms with Crippen molar-refractivity contribution >= 4 is 11.9 Å². The number of carboxylic acids is 1. The summed E-state index contributed by atoms with van der Waals surface area (Å²) in [6, 6.07) is 0.473. The molecule has 1 heterocycles. The molecule has 1 amide bonds. The minimum absolute atomic E-state index is 0.114. The number of nitrogens with zero attached hydrogens (tertiary/aromatic N) is 1. The van der Waals surface area contributed by atoms with E-state index in [1.165, 1.54) is 12.8 Å². The van der Waals surface area contributed by atoms with Gasteiger partial charge in [-0.25, -0.2) is 0 Å². The maximum Gasteiger partial charge on any atom is 0.306 e. The van der Waals surface area contributed by atoms with Crippen molar-refractivity contribution in [2.45, 2.75) is 45.1 Å². The van der Waals surface area contributed by atoms with Gasteiger partial charge in [-0.2, -0.15) is 0 Å². The SMILES string of the molecule is CC1CCCC1NCC(=O)N1CCC(C(=O)O)CC1. The minimum Gasteiger partial charge on any atom is -0.481 e. The van der Waals surface area contributed by atoms with Crippen LogP contribution in [0.25, 0.3) is 0 Å². The fourth-order valence-electron chi connectivity index (χ4n) is 3.15. The first-order valence-corrected chi connectivity index (χ1v) is 7.32. The molecule has 0 radical (unpaired) electrons. The number of carboxylic acid groups (broad SMARTS) is 1. The van der Waals surface area contributed by atoms with Gasteiger partial charge in [0.2, 0.25) is 5.91 Å². The van der Waals surface area contributed by atoms with Crippen LogP contribution in [0.15, 0.2) is 0 Å². The number of carbonyl (C=O) groups excluding carboxylic acids is 1. The molecule has 1 aliphatic heterocycles. The summed E-state index contributed by atoms with van der Waals surface area (Å²) in [5, 5.41) is 12.3. The largest absolute Gasteiger partial charge is 0.481 e. The molecule has 2 rings (SSSR count). The maximum absolute atomic E-state index is 12.1. The summed E-state index contributed by atoms with van der Waals surface area (Å²) in [6.07, 6.45) is 4.82. The Morgan fingerprint density at radius 2 is 1.89 bits per heavy atom. The van der Waals surface area contributed by atoms with Gasteiger partial charge in [-0.15, -0.1) is 0 Å². The fourth-order valence-corrected chi connectivity index (χ4v) is 3.15. The molecule has 0 bridgehead atoms. The monoisotopic (exact) mass is 268 g/mol. The van der Waals surface area contributed by atoms with Crippen molar-refractivity contribution in [2.75, 3.05) is 19.6 Å². The Kier molecular flexibility index (Phi) is 4.80. The van der Waals surface area contributed by atoms with E-state index in [-0.39, 0.29) is 11.8 Å². The van der Waals surface area contributed by atoms with Gasteiger partial charge in [0.15, 0.2) is 0 Å². The molecule has 0 aromatic carbocycles. The van der Waals surface area contributed by atoms with Crippen LogP contribution >= 0.6 is 0 Å². The summed E-state index contributed by atoms with van der Waals surface area (Å²) in [5.41, 5.74) is 0. The van der Waals surface area contributed by atoms with Gasteiger partial charge in [-0.1, -0.05) is 13.3 Å². The lowest BCUT2D eigenvalue weighted by atomic mass is 9.97. The van der Waals surface area contributed by atoms with E-state index in [1.54, 1.807) is 4.90 Å². The van der Waals surface area contributed by atoms with Gasteiger partial charge in [-0.05, 0) is 31.6 Å². The van der Waals surface area contributed by atoms with Crippen LogP contribution in [0.2, 0.25) is 0 Å². The molecule has 5 nitrogen and oxygen atoms in total. The van der Waals surface area contributed by atoms with Crippen molar-refractivity contribution in [3.8, 4) is 0 Å². The molecule has 2 atom stereocenters. The first kappa shape index (κ1) is 14.3. The van der Waals surface area contributed by atoms with Gasteiger partial charge in [0.25, 0.3) is 0 Å². The summed E-state index contributed by atoms with van der Waals surface area (Å²) in [4.78, 5) is 24.7. The lowest BCUT2D eigenvalue weighted by Crippen LogP contribution is -2.46. The summed E-state index contributed by atoms with van der Waals surface area (Å²) in [7, 11) is 0. The van der Waals surface area contributed by atoms with Crippen molar-refractivity contribution in [3.63, 3.8) is 0 Å². The van der Waals surface area contributed by atoms with Crippen LogP contribution in [-0.2, 0) is 9.59 Å². The van der Waals surface area contributed by atoms with E-state index in [0.29, 0.717) is 44.4 Å². The zero-order chi connectivity index (χ0) is 13.8. The molecule has 2 fully saturated rings. The molecular formula is C14H24N2O3. The second-order valence-electron chi connectivity index (χ2n) is 5.89. The summed E-state index contributed by atoms with van der Waals surface area (Å²) in [5.74, 6) is -0.231. The van der Waals surface area contributed by atoms with Crippen LogP contribution in [0.3, 0.4) is 0 Å². The predicted octanol–water partition coefficient (Wildman–Crippen LogP) is 1.09. The molecule has 2 unspecified atom stereocenters. The minimum atomic E-state index is -0.731. The molecule has 1 aliphatic carbocycles. The number of hydrogen-bond donors (Lipinski definition) is 2. The van der Waals surface area contributed by atoms with Gasteiger partial charge in [0.1, 0.15) is 0 Å². The summed E-state index contributed by atoms with van der Waals surface area (Å²) in [6.45, 7) is 3.79. The van der Waals surface area contributed by atoms with Crippen LogP contribution in [0.5, 0.6) is 0 Å². The maximum atomic E-state index is 12.1. The highest BCUT2D eigenvalue weighted by Crippen LogP contribution is 2.24. The number of carbonyl (C=O) groups is 2. The quantitative estimate of drug-likeness (QED) is 0.800. The van der Waals surface area contributed by atoms with E-state index in [1.807, 2.05) is 0 Å². The molecule has 0 aromatic heterocycles. The van der Waals surface area contributed by atoms with Crippen LogP contribution < -0.4 is 5.32 Å².